The summed E-state index contributed by atoms with van der Waals surface area (Å²) < 4.78 is 47.8. The minimum atomic E-state index is -4.47. The maximum Gasteiger partial charge on any atom is 0.418 e. The number of nitriles is 1. The molecule has 2 saturated heterocycles. The highest BCUT2D eigenvalue weighted by molar-refractivity contribution is 5.59. The fraction of sp³-hybridized carbons (Fsp3) is 0.567. The summed E-state index contributed by atoms with van der Waals surface area (Å²) >= 11 is 0. The zero-order chi connectivity index (χ0) is 30.1. The van der Waals surface area contributed by atoms with Crippen molar-refractivity contribution in [3.8, 4) is 12.1 Å². The number of piperazine rings is 1. The van der Waals surface area contributed by atoms with Gasteiger partial charge < -0.3 is 24.5 Å². The minimum absolute atomic E-state index is 0.0593. The molecule has 226 valence electrons. The lowest BCUT2D eigenvalue weighted by molar-refractivity contribution is -0.137. The molecule has 5 rings (SSSR count). The van der Waals surface area contributed by atoms with Gasteiger partial charge in [-0.2, -0.15) is 28.4 Å². The Morgan fingerprint density at radius 3 is 2.69 bits per heavy atom. The fourth-order valence-corrected chi connectivity index (χ4v) is 6.37. The van der Waals surface area contributed by atoms with Crippen molar-refractivity contribution >= 4 is 11.5 Å². The summed E-state index contributed by atoms with van der Waals surface area (Å²) in [6.45, 7) is 10.2. The highest BCUT2D eigenvalue weighted by Gasteiger charge is 2.38. The van der Waals surface area contributed by atoms with Crippen molar-refractivity contribution in [2.75, 3.05) is 62.7 Å². The van der Waals surface area contributed by atoms with Crippen molar-refractivity contribution in [2.45, 2.75) is 51.2 Å². The Kier molecular flexibility index (Phi) is 8.64. The summed E-state index contributed by atoms with van der Waals surface area (Å²) in [4.78, 5) is 17.5. The molecule has 3 aliphatic heterocycles. The number of aliphatic hydroxyl groups is 1. The van der Waals surface area contributed by atoms with Crippen LogP contribution in [0.2, 0.25) is 0 Å². The topological polar surface area (TPSA) is 92.0 Å². The number of hydrogen-bond acceptors (Lipinski definition) is 9. The molecule has 3 atom stereocenters. The molecule has 2 fully saturated rings. The van der Waals surface area contributed by atoms with E-state index in [9.17, 15) is 23.5 Å². The maximum atomic E-state index is 13.9. The predicted octanol–water partition coefficient (Wildman–Crippen LogP) is 3.69. The van der Waals surface area contributed by atoms with E-state index in [1.807, 2.05) is 4.90 Å². The molecule has 3 aliphatic rings. The second-order valence-corrected chi connectivity index (χ2v) is 11.9. The minimum Gasteiger partial charge on any atom is -0.463 e. The van der Waals surface area contributed by atoms with Gasteiger partial charge in [0.1, 0.15) is 12.0 Å². The molecule has 9 nitrogen and oxygen atoms in total. The molecule has 1 aromatic heterocycles. The number of anilines is 2. The maximum absolute atomic E-state index is 13.9. The first kappa shape index (κ1) is 30.1. The lowest BCUT2D eigenvalue weighted by Gasteiger charge is -2.43. The van der Waals surface area contributed by atoms with Crippen molar-refractivity contribution in [1.82, 2.24) is 19.8 Å². The molecule has 0 aliphatic carbocycles. The summed E-state index contributed by atoms with van der Waals surface area (Å²) in [5.41, 5.74) is 0.909. The summed E-state index contributed by atoms with van der Waals surface area (Å²) in [6, 6.07) is 7.80. The number of nitrogens with zero attached hydrogens (tertiary/aromatic N) is 7. The van der Waals surface area contributed by atoms with Gasteiger partial charge in [0, 0.05) is 55.4 Å². The van der Waals surface area contributed by atoms with Gasteiger partial charge in [-0.1, -0.05) is 25.6 Å². The summed E-state index contributed by atoms with van der Waals surface area (Å²) in [7, 11) is 2.08. The van der Waals surface area contributed by atoms with Crippen LogP contribution in [0.3, 0.4) is 0 Å². The molecule has 0 bridgehead atoms. The van der Waals surface area contributed by atoms with Gasteiger partial charge in [0.2, 0.25) is 0 Å². The molecule has 1 N–H and O–H groups in total. The van der Waals surface area contributed by atoms with E-state index in [0.29, 0.717) is 50.7 Å². The second-order valence-electron chi connectivity index (χ2n) is 11.9. The average Bonchev–Trinajstić information content (AvgIpc) is 3.32. The van der Waals surface area contributed by atoms with Gasteiger partial charge in [-0.05, 0) is 44.6 Å². The van der Waals surface area contributed by atoms with Crippen LogP contribution in [0.5, 0.6) is 6.01 Å². The van der Waals surface area contributed by atoms with Crippen LogP contribution in [0.25, 0.3) is 0 Å². The Balaban J connectivity index is 1.48. The SMILES string of the molecule is C=CC(O)N1CCN(c2nc(OC[C@]3(C)CCN(C)C3)nc3c2CCN(c2ccccc2C(F)(F)F)C3)CC1CC#N. The summed E-state index contributed by atoms with van der Waals surface area (Å²) in [5, 5.41) is 19.9. The third kappa shape index (κ3) is 6.33. The van der Waals surface area contributed by atoms with Gasteiger partial charge in [-0.25, -0.2) is 0 Å². The lowest BCUT2D eigenvalue weighted by atomic mass is 9.91. The highest BCUT2D eigenvalue weighted by atomic mass is 19.4. The Morgan fingerprint density at radius 1 is 1.21 bits per heavy atom. The van der Waals surface area contributed by atoms with E-state index >= 15 is 0 Å². The average molecular weight is 586 g/mol. The number of fused-ring (bicyclic) bond motifs is 1. The van der Waals surface area contributed by atoms with Gasteiger partial charge in [0.05, 0.1) is 36.9 Å². The number of alkyl halides is 3. The fourth-order valence-electron chi connectivity index (χ4n) is 6.37. The van der Waals surface area contributed by atoms with Crippen LogP contribution in [-0.2, 0) is 19.1 Å². The number of rotatable bonds is 8. The molecule has 1 aromatic carbocycles. The number of likely N-dealkylation sites (tertiary alicyclic amines) is 1. The zero-order valence-electron chi connectivity index (χ0n) is 24.1. The molecule has 2 aromatic rings. The smallest absolute Gasteiger partial charge is 0.418 e. The standard InChI is InChI=1S/C30H38F3N7O2/c1-4-26(41)40-16-15-39(17-21(40)9-12-34)27-22-10-13-38(25-8-6-5-7-23(25)30(31,32)33)18-24(22)35-28(36-27)42-20-29(2)11-14-37(3)19-29/h4-8,21,26,41H,1,9-11,13-20H2,2-3H3/t21?,26?,29-/m1/s1. The normalized spacial score (nSPS) is 24.3. The van der Waals surface area contributed by atoms with Crippen molar-refractivity contribution in [3.05, 3.63) is 53.7 Å². The first-order valence-corrected chi connectivity index (χ1v) is 14.3. The molecule has 0 spiro atoms. The van der Waals surface area contributed by atoms with Crippen LogP contribution in [-0.4, -0.2) is 90.1 Å². The van der Waals surface area contributed by atoms with E-state index in [0.717, 1.165) is 31.1 Å². The molecule has 12 heteroatoms. The van der Waals surface area contributed by atoms with Crippen molar-refractivity contribution in [1.29, 1.82) is 5.26 Å². The molecule has 42 heavy (non-hydrogen) atoms. The van der Waals surface area contributed by atoms with Gasteiger partial charge >= 0.3 is 12.2 Å². The number of ether oxygens (including phenoxy) is 1. The zero-order valence-corrected chi connectivity index (χ0v) is 24.1. The number of aliphatic hydroxyl groups excluding tert-OH is 1. The van der Waals surface area contributed by atoms with Gasteiger partial charge in [0.25, 0.3) is 0 Å². The van der Waals surface area contributed by atoms with Crippen LogP contribution < -0.4 is 14.5 Å². The third-order valence-corrected chi connectivity index (χ3v) is 8.58. The number of aromatic nitrogens is 2. The first-order chi connectivity index (χ1) is 20.0. The highest BCUT2D eigenvalue weighted by Crippen LogP contribution is 2.39. The Hall–Kier alpha value is -3.40. The van der Waals surface area contributed by atoms with E-state index in [4.69, 9.17) is 14.7 Å². The largest absolute Gasteiger partial charge is 0.463 e. The van der Waals surface area contributed by atoms with E-state index in [-0.39, 0.29) is 36.1 Å². The number of benzene rings is 1. The number of hydrogen-bond donors (Lipinski definition) is 1. The molecular formula is C30H38F3N7O2. The predicted molar refractivity (Wildman–Crippen MR) is 153 cm³/mol. The Bertz CT molecular complexity index is 1330. The van der Waals surface area contributed by atoms with Crippen LogP contribution in [0.1, 0.15) is 36.6 Å². The van der Waals surface area contributed by atoms with Crippen molar-refractivity contribution in [3.63, 3.8) is 0 Å². The van der Waals surface area contributed by atoms with Gasteiger partial charge in [0.15, 0.2) is 0 Å². The van der Waals surface area contributed by atoms with Crippen LogP contribution in [0, 0.1) is 16.7 Å². The van der Waals surface area contributed by atoms with Gasteiger partial charge in [-0.3, -0.25) is 4.90 Å². The Morgan fingerprint density at radius 2 is 2.00 bits per heavy atom. The first-order valence-electron chi connectivity index (χ1n) is 14.3. The molecule has 2 unspecified atom stereocenters. The molecule has 0 saturated carbocycles. The number of halogens is 3. The van der Waals surface area contributed by atoms with Crippen molar-refractivity contribution in [2.24, 2.45) is 5.41 Å². The van der Waals surface area contributed by atoms with E-state index < -0.39 is 18.0 Å². The molecule has 0 amide bonds. The van der Waals surface area contributed by atoms with Crippen LogP contribution in [0.15, 0.2) is 36.9 Å². The molecule has 4 heterocycles. The summed E-state index contributed by atoms with van der Waals surface area (Å²) in [5.74, 6) is 0.683. The lowest BCUT2D eigenvalue weighted by Crippen LogP contribution is -2.56. The molecular weight excluding hydrogens is 547 g/mol. The van der Waals surface area contributed by atoms with Gasteiger partial charge in [-0.15, -0.1) is 0 Å². The van der Waals surface area contributed by atoms with E-state index in [1.54, 1.807) is 11.0 Å². The van der Waals surface area contributed by atoms with Crippen LogP contribution in [0.4, 0.5) is 24.7 Å². The van der Waals surface area contributed by atoms with Crippen molar-refractivity contribution < 1.29 is 23.0 Å². The quantitative estimate of drug-likeness (QED) is 0.466. The molecule has 0 radical (unpaired) electrons. The van der Waals surface area contributed by atoms with Crippen LogP contribution >= 0.6 is 0 Å². The van der Waals surface area contributed by atoms with E-state index in [1.165, 1.54) is 18.2 Å². The number of para-hydroxylation sites is 1. The van der Waals surface area contributed by atoms with E-state index in [2.05, 4.69) is 36.4 Å². The third-order valence-electron chi connectivity index (χ3n) is 8.58. The monoisotopic (exact) mass is 585 g/mol. The summed E-state index contributed by atoms with van der Waals surface area (Å²) in [6.07, 6.45) is -2.24. The second kappa shape index (κ2) is 12.1. The Labute approximate surface area is 244 Å².